The highest BCUT2D eigenvalue weighted by molar-refractivity contribution is 5.73. The quantitative estimate of drug-likeness (QED) is 0.669. The van der Waals surface area contributed by atoms with Crippen molar-refractivity contribution in [2.24, 2.45) is 0 Å². The number of halogens is 2. The van der Waals surface area contributed by atoms with Gasteiger partial charge in [0.1, 0.15) is 5.75 Å². The van der Waals surface area contributed by atoms with Crippen LogP contribution in [0.3, 0.4) is 0 Å². The van der Waals surface area contributed by atoms with E-state index in [0.717, 1.165) is 0 Å². The van der Waals surface area contributed by atoms with Crippen LogP contribution in [0.2, 0.25) is 0 Å². The number of rotatable bonds is 7. The molecule has 1 rings (SSSR count). The molecular weight excluding hydrogens is 270 g/mol. The molecule has 7 heteroatoms. The van der Waals surface area contributed by atoms with E-state index in [9.17, 15) is 18.7 Å². The van der Waals surface area contributed by atoms with Gasteiger partial charge in [0.05, 0.1) is 6.10 Å². The number of alkyl halides is 2. The zero-order valence-corrected chi connectivity index (χ0v) is 10.7. The molecule has 0 heterocycles. The summed E-state index contributed by atoms with van der Waals surface area (Å²) in [5.41, 5.74) is 0.482. The SMILES string of the molecule is C=CCNC(=O)NCC(O)c1ccc(OC(F)F)cc1. The normalized spacial score (nSPS) is 11.8. The van der Waals surface area contributed by atoms with Crippen LogP contribution in [0, 0.1) is 0 Å². The minimum atomic E-state index is -2.89. The molecule has 0 saturated carbocycles. The molecule has 0 fully saturated rings. The number of amides is 2. The Hall–Kier alpha value is -2.15. The maximum Gasteiger partial charge on any atom is 0.387 e. The molecule has 0 aliphatic heterocycles. The lowest BCUT2D eigenvalue weighted by molar-refractivity contribution is -0.0498. The fourth-order valence-corrected chi connectivity index (χ4v) is 1.41. The third kappa shape index (κ3) is 5.66. The van der Waals surface area contributed by atoms with Crippen molar-refractivity contribution in [2.45, 2.75) is 12.7 Å². The number of aliphatic hydroxyl groups is 1. The molecule has 1 aromatic rings. The number of aliphatic hydroxyl groups excluding tert-OH is 1. The molecule has 110 valence electrons. The van der Waals surface area contributed by atoms with Crippen LogP contribution >= 0.6 is 0 Å². The number of nitrogens with one attached hydrogen (secondary N) is 2. The lowest BCUT2D eigenvalue weighted by Crippen LogP contribution is -2.37. The minimum absolute atomic E-state index is 0.00196. The molecule has 20 heavy (non-hydrogen) atoms. The van der Waals surface area contributed by atoms with Gasteiger partial charge in [0.15, 0.2) is 0 Å². The third-order valence-electron chi connectivity index (χ3n) is 2.35. The number of urea groups is 1. The fourth-order valence-electron chi connectivity index (χ4n) is 1.41. The predicted octanol–water partition coefficient (Wildman–Crippen LogP) is 1.81. The summed E-state index contributed by atoms with van der Waals surface area (Å²) in [7, 11) is 0. The van der Waals surface area contributed by atoms with E-state index in [0.29, 0.717) is 12.1 Å². The Balaban J connectivity index is 2.44. The summed E-state index contributed by atoms with van der Waals surface area (Å²) < 4.78 is 28.1. The van der Waals surface area contributed by atoms with Gasteiger partial charge in [0.25, 0.3) is 0 Å². The van der Waals surface area contributed by atoms with Crippen LogP contribution in [-0.2, 0) is 0 Å². The van der Waals surface area contributed by atoms with Crippen molar-refractivity contribution in [2.75, 3.05) is 13.1 Å². The zero-order chi connectivity index (χ0) is 15.0. The highest BCUT2D eigenvalue weighted by Gasteiger charge is 2.10. The van der Waals surface area contributed by atoms with Gasteiger partial charge in [-0.05, 0) is 17.7 Å². The van der Waals surface area contributed by atoms with Crippen LogP contribution in [-0.4, -0.2) is 30.8 Å². The van der Waals surface area contributed by atoms with Crippen molar-refractivity contribution in [3.8, 4) is 5.75 Å². The van der Waals surface area contributed by atoms with Gasteiger partial charge in [-0.3, -0.25) is 0 Å². The first-order valence-electron chi connectivity index (χ1n) is 5.88. The second-order valence-corrected chi connectivity index (χ2v) is 3.84. The Morgan fingerprint density at radius 3 is 2.55 bits per heavy atom. The van der Waals surface area contributed by atoms with E-state index in [4.69, 9.17) is 0 Å². The molecule has 0 spiro atoms. The Bertz CT molecular complexity index is 438. The zero-order valence-electron chi connectivity index (χ0n) is 10.7. The van der Waals surface area contributed by atoms with Crippen molar-refractivity contribution in [1.29, 1.82) is 0 Å². The molecule has 3 N–H and O–H groups in total. The highest BCUT2D eigenvalue weighted by Crippen LogP contribution is 2.18. The summed E-state index contributed by atoms with van der Waals surface area (Å²) in [6, 6.07) is 5.11. The average molecular weight is 286 g/mol. The smallest absolute Gasteiger partial charge is 0.387 e. The van der Waals surface area contributed by atoms with Gasteiger partial charge in [-0.2, -0.15) is 8.78 Å². The topological polar surface area (TPSA) is 70.6 Å². The maximum absolute atomic E-state index is 12.0. The molecule has 0 radical (unpaired) electrons. The van der Waals surface area contributed by atoms with E-state index in [-0.39, 0.29) is 12.3 Å². The van der Waals surface area contributed by atoms with Crippen molar-refractivity contribution in [3.63, 3.8) is 0 Å². The van der Waals surface area contributed by atoms with Crippen molar-refractivity contribution in [1.82, 2.24) is 10.6 Å². The van der Waals surface area contributed by atoms with E-state index in [1.807, 2.05) is 0 Å². The molecule has 0 aromatic heterocycles. The minimum Gasteiger partial charge on any atom is -0.435 e. The Morgan fingerprint density at radius 1 is 1.35 bits per heavy atom. The molecule has 1 atom stereocenters. The van der Waals surface area contributed by atoms with Gasteiger partial charge in [-0.25, -0.2) is 4.79 Å². The number of hydrogen-bond acceptors (Lipinski definition) is 3. The lowest BCUT2D eigenvalue weighted by Gasteiger charge is -2.13. The van der Waals surface area contributed by atoms with Crippen molar-refractivity contribution >= 4 is 6.03 Å². The molecule has 0 aliphatic rings. The lowest BCUT2D eigenvalue weighted by atomic mass is 10.1. The van der Waals surface area contributed by atoms with Crippen LogP contribution in [0.1, 0.15) is 11.7 Å². The van der Waals surface area contributed by atoms with Crippen LogP contribution in [0.4, 0.5) is 13.6 Å². The molecule has 0 aliphatic carbocycles. The summed E-state index contributed by atoms with van der Waals surface area (Å²) in [5, 5.41) is 14.8. The monoisotopic (exact) mass is 286 g/mol. The van der Waals surface area contributed by atoms with Crippen LogP contribution in [0.5, 0.6) is 5.75 Å². The van der Waals surface area contributed by atoms with Crippen molar-refractivity contribution in [3.05, 3.63) is 42.5 Å². The van der Waals surface area contributed by atoms with Gasteiger partial charge < -0.3 is 20.5 Å². The Labute approximate surface area is 115 Å². The number of benzene rings is 1. The summed E-state index contributed by atoms with van der Waals surface area (Å²) in [6.45, 7) is 0.878. The van der Waals surface area contributed by atoms with E-state index in [1.165, 1.54) is 30.3 Å². The van der Waals surface area contributed by atoms with Crippen LogP contribution in [0.25, 0.3) is 0 Å². The fraction of sp³-hybridized carbons (Fsp3) is 0.308. The summed E-state index contributed by atoms with van der Waals surface area (Å²) >= 11 is 0. The summed E-state index contributed by atoms with van der Waals surface area (Å²) in [4.78, 5) is 11.2. The van der Waals surface area contributed by atoms with Crippen molar-refractivity contribution < 1.29 is 23.4 Å². The van der Waals surface area contributed by atoms with E-state index >= 15 is 0 Å². The van der Waals surface area contributed by atoms with Gasteiger partial charge in [0, 0.05) is 13.1 Å². The largest absolute Gasteiger partial charge is 0.435 e. The first-order valence-corrected chi connectivity index (χ1v) is 5.88. The standard InChI is InChI=1S/C13H16F2N2O3/c1-2-7-16-13(19)17-8-11(18)9-3-5-10(6-4-9)20-12(14)15/h2-6,11-12,18H,1,7-8H2,(H2,16,17,19). The number of ether oxygens (including phenoxy) is 1. The van der Waals surface area contributed by atoms with E-state index < -0.39 is 18.7 Å². The maximum atomic E-state index is 12.0. The van der Waals surface area contributed by atoms with Gasteiger partial charge >= 0.3 is 12.6 Å². The number of carbonyl (C=O) groups excluding carboxylic acids is 1. The van der Waals surface area contributed by atoms with Gasteiger partial charge in [-0.1, -0.05) is 18.2 Å². The summed E-state index contributed by atoms with van der Waals surface area (Å²) in [6.07, 6.45) is 0.586. The Morgan fingerprint density at radius 2 is 2.00 bits per heavy atom. The molecule has 0 saturated heterocycles. The van der Waals surface area contributed by atoms with E-state index in [2.05, 4.69) is 21.9 Å². The predicted molar refractivity (Wildman–Crippen MR) is 69.6 cm³/mol. The second kappa shape index (κ2) is 8.11. The highest BCUT2D eigenvalue weighted by atomic mass is 19.3. The average Bonchev–Trinajstić information content (AvgIpc) is 2.42. The summed E-state index contributed by atoms with van der Waals surface area (Å²) in [5.74, 6) is 0.00707. The van der Waals surface area contributed by atoms with E-state index in [1.54, 1.807) is 0 Å². The third-order valence-corrected chi connectivity index (χ3v) is 2.35. The molecule has 1 aromatic carbocycles. The van der Waals surface area contributed by atoms with Crippen LogP contribution < -0.4 is 15.4 Å². The molecule has 5 nitrogen and oxygen atoms in total. The molecule has 0 bridgehead atoms. The molecule has 2 amide bonds. The number of hydrogen-bond donors (Lipinski definition) is 3. The molecule has 1 unspecified atom stereocenters. The first-order chi connectivity index (χ1) is 9.52. The number of carbonyl (C=O) groups is 1. The van der Waals surface area contributed by atoms with Gasteiger partial charge in [-0.15, -0.1) is 6.58 Å². The molecular formula is C13H16F2N2O3. The van der Waals surface area contributed by atoms with Crippen LogP contribution in [0.15, 0.2) is 36.9 Å². The Kier molecular flexibility index (Phi) is 6.45. The second-order valence-electron chi connectivity index (χ2n) is 3.84. The van der Waals surface area contributed by atoms with Gasteiger partial charge in [0.2, 0.25) is 0 Å². The first kappa shape index (κ1) is 15.9.